The van der Waals surface area contributed by atoms with Crippen LogP contribution in [0.25, 0.3) is 11.0 Å². The van der Waals surface area contributed by atoms with Crippen molar-refractivity contribution >= 4 is 22.6 Å². The number of imidazole rings is 1. The number of H-pyrrole nitrogens is 1. The number of ether oxygens (including phenoxy) is 1. The van der Waals surface area contributed by atoms with Gasteiger partial charge in [0.1, 0.15) is 17.7 Å². The Balaban J connectivity index is 1.39. The number of hydrogen-bond donors (Lipinski definition) is 2. The zero-order valence-corrected chi connectivity index (χ0v) is 14.3. The van der Waals surface area contributed by atoms with E-state index in [1.807, 2.05) is 18.2 Å². The number of rotatable bonds is 5. The lowest BCUT2D eigenvalue weighted by atomic mass is 10.1. The van der Waals surface area contributed by atoms with E-state index in [4.69, 9.17) is 4.74 Å². The lowest BCUT2D eigenvalue weighted by molar-refractivity contribution is -0.116. The summed E-state index contributed by atoms with van der Waals surface area (Å²) >= 11 is 0. The van der Waals surface area contributed by atoms with Gasteiger partial charge in [-0.1, -0.05) is 12.1 Å². The maximum absolute atomic E-state index is 12.9. The molecule has 0 aliphatic carbocycles. The number of amides is 1. The first-order chi connectivity index (χ1) is 12.7. The molecule has 0 radical (unpaired) electrons. The molecule has 4 rings (SSSR count). The number of benzene rings is 2. The molecule has 2 heterocycles. The molecule has 1 saturated heterocycles. The Morgan fingerprint density at radius 2 is 2.12 bits per heavy atom. The van der Waals surface area contributed by atoms with E-state index in [1.54, 1.807) is 12.1 Å². The summed E-state index contributed by atoms with van der Waals surface area (Å²) in [4.78, 5) is 20.0. The minimum Gasteiger partial charge on any atom is -0.370 e. The second kappa shape index (κ2) is 7.25. The number of aryl methyl sites for hydroxylation is 1. The third-order valence-corrected chi connectivity index (χ3v) is 4.57. The second-order valence-electron chi connectivity index (χ2n) is 6.53. The van der Waals surface area contributed by atoms with Crippen LogP contribution in [0.4, 0.5) is 10.1 Å². The molecular weight excluding hydrogens is 333 g/mol. The second-order valence-corrected chi connectivity index (χ2v) is 6.53. The zero-order chi connectivity index (χ0) is 17.9. The smallest absolute Gasteiger partial charge is 0.224 e. The molecule has 134 valence electrons. The van der Waals surface area contributed by atoms with Crippen molar-refractivity contribution in [3.05, 3.63) is 59.7 Å². The highest BCUT2D eigenvalue weighted by molar-refractivity contribution is 5.93. The Labute approximate surface area is 150 Å². The van der Waals surface area contributed by atoms with Gasteiger partial charge in [-0.2, -0.15) is 0 Å². The van der Waals surface area contributed by atoms with Crippen LogP contribution in [0.5, 0.6) is 0 Å². The third-order valence-electron chi connectivity index (χ3n) is 4.57. The van der Waals surface area contributed by atoms with E-state index in [0.717, 1.165) is 47.6 Å². The van der Waals surface area contributed by atoms with Crippen LogP contribution in [-0.2, 0) is 16.0 Å². The van der Waals surface area contributed by atoms with Crippen LogP contribution in [0.2, 0.25) is 0 Å². The molecular formula is C20H20FN3O2. The van der Waals surface area contributed by atoms with Crippen LogP contribution >= 0.6 is 0 Å². The molecule has 0 bridgehead atoms. The highest BCUT2D eigenvalue weighted by Gasteiger charge is 2.21. The molecule has 5 nitrogen and oxygen atoms in total. The van der Waals surface area contributed by atoms with Crippen LogP contribution in [0, 0.1) is 5.82 Å². The Morgan fingerprint density at radius 3 is 2.88 bits per heavy atom. The number of hydrogen-bond acceptors (Lipinski definition) is 3. The lowest BCUT2D eigenvalue weighted by Gasteiger charge is -2.05. The predicted octanol–water partition coefficient (Wildman–Crippen LogP) is 4.12. The number of fused-ring (bicyclic) bond motifs is 1. The fourth-order valence-electron chi connectivity index (χ4n) is 3.19. The van der Waals surface area contributed by atoms with Crippen molar-refractivity contribution in [2.24, 2.45) is 0 Å². The maximum Gasteiger partial charge on any atom is 0.224 e. The summed E-state index contributed by atoms with van der Waals surface area (Å²) < 4.78 is 18.6. The monoisotopic (exact) mass is 353 g/mol. The Bertz CT molecular complexity index is 914. The van der Waals surface area contributed by atoms with E-state index in [1.165, 1.54) is 12.1 Å². The van der Waals surface area contributed by atoms with Crippen LogP contribution in [0.1, 0.15) is 36.8 Å². The Kier molecular flexibility index (Phi) is 4.67. The molecule has 1 aliphatic rings. The quantitative estimate of drug-likeness (QED) is 0.725. The van der Waals surface area contributed by atoms with Gasteiger partial charge in [-0.15, -0.1) is 0 Å². The number of carbonyl (C=O) groups excluding carboxylic acids is 1. The van der Waals surface area contributed by atoms with Gasteiger partial charge in [0.2, 0.25) is 5.91 Å². The molecule has 2 N–H and O–H groups in total. The summed E-state index contributed by atoms with van der Waals surface area (Å²) in [6, 6.07) is 11.8. The minimum absolute atomic E-state index is 0.0381. The highest BCUT2D eigenvalue weighted by Crippen LogP contribution is 2.28. The molecule has 26 heavy (non-hydrogen) atoms. The molecule has 0 saturated carbocycles. The van der Waals surface area contributed by atoms with Gasteiger partial charge in [-0.05, 0) is 55.2 Å². The number of carbonyl (C=O) groups is 1. The summed E-state index contributed by atoms with van der Waals surface area (Å²) in [6.07, 6.45) is 2.98. The van der Waals surface area contributed by atoms with Gasteiger partial charge < -0.3 is 15.0 Å². The van der Waals surface area contributed by atoms with Crippen LogP contribution < -0.4 is 5.32 Å². The first-order valence-electron chi connectivity index (χ1n) is 8.83. The molecule has 1 atom stereocenters. The SMILES string of the molecule is O=C(CCc1ccc(F)cc1)Nc1ccc2nc([C@@H]3CCCO3)[nH]c2c1. The van der Waals surface area contributed by atoms with E-state index in [2.05, 4.69) is 15.3 Å². The van der Waals surface area contributed by atoms with Gasteiger partial charge in [-0.3, -0.25) is 4.79 Å². The number of aromatic amines is 1. The van der Waals surface area contributed by atoms with Crippen LogP contribution in [0.15, 0.2) is 42.5 Å². The van der Waals surface area contributed by atoms with E-state index in [0.29, 0.717) is 12.8 Å². The predicted molar refractivity (Wildman–Crippen MR) is 97.4 cm³/mol. The Hall–Kier alpha value is -2.73. The van der Waals surface area contributed by atoms with Crippen LogP contribution in [0.3, 0.4) is 0 Å². The van der Waals surface area contributed by atoms with Crippen molar-refractivity contribution in [2.45, 2.75) is 31.8 Å². The van der Waals surface area contributed by atoms with Gasteiger partial charge in [-0.25, -0.2) is 9.37 Å². The number of aromatic nitrogens is 2. The molecule has 0 unspecified atom stereocenters. The standard InChI is InChI=1S/C20H20FN3O2/c21-14-6-3-13(4-7-14)5-10-19(25)22-15-8-9-16-17(12-15)24-20(23-16)18-2-1-11-26-18/h3-4,6-9,12,18H,1-2,5,10-11H2,(H,22,25)(H,23,24)/t18-/m0/s1. The highest BCUT2D eigenvalue weighted by atomic mass is 19.1. The number of nitrogens with zero attached hydrogens (tertiary/aromatic N) is 1. The zero-order valence-electron chi connectivity index (χ0n) is 14.3. The third kappa shape index (κ3) is 3.75. The summed E-state index contributed by atoms with van der Waals surface area (Å²) in [6.45, 7) is 0.775. The maximum atomic E-state index is 12.9. The normalized spacial score (nSPS) is 16.9. The molecule has 1 aliphatic heterocycles. The topological polar surface area (TPSA) is 67.0 Å². The van der Waals surface area contributed by atoms with Crippen molar-refractivity contribution in [1.82, 2.24) is 9.97 Å². The van der Waals surface area contributed by atoms with E-state index in [-0.39, 0.29) is 17.8 Å². The molecule has 1 aromatic heterocycles. The molecule has 1 amide bonds. The first kappa shape index (κ1) is 16.7. The largest absolute Gasteiger partial charge is 0.370 e. The number of nitrogens with one attached hydrogen (secondary N) is 2. The average Bonchev–Trinajstić information content (AvgIpc) is 3.30. The fraction of sp³-hybridized carbons (Fsp3) is 0.300. The fourth-order valence-corrected chi connectivity index (χ4v) is 3.19. The van der Waals surface area contributed by atoms with Crippen molar-refractivity contribution < 1.29 is 13.9 Å². The summed E-state index contributed by atoms with van der Waals surface area (Å²) in [7, 11) is 0. The van der Waals surface area contributed by atoms with Gasteiger partial charge in [0.15, 0.2) is 0 Å². The van der Waals surface area contributed by atoms with Crippen molar-refractivity contribution in [3.8, 4) is 0 Å². The van der Waals surface area contributed by atoms with E-state index >= 15 is 0 Å². The molecule has 0 spiro atoms. The average molecular weight is 353 g/mol. The molecule has 3 aromatic rings. The Morgan fingerprint density at radius 1 is 1.27 bits per heavy atom. The van der Waals surface area contributed by atoms with E-state index < -0.39 is 0 Å². The summed E-state index contributed by atoms with van der Waals surface area (Å²) in [5.41, 5.74) is 3.41. The number of halogens is 1. The van der Waals surface area contributed by atoms with E-state index in [9.17, 15) is 9.18 Å². The summed E-state index contributed by atoms with van der Waals surface area (Å²) in [5, 5.41) is 2.90. The van der Waals surface area contributed by atoms with Crippen molar-refractivity contribution in [3.63, 3.8) is 0 Å². The van der Waals surface area contributed by atoms with Crippen LogP contribution in [-0.4, -0.2) is 22.5 Å². The molecule has 6 heteroatoms. The van der Waals surface area contributed by atoms with Gasteiger partial charge >= 0.3 is 0 Å². The molecule has 1 fully saturated rings. The van der Waals surface area contributed by atoms with Crippen molar-refractivity contribution in [1.29, 1.82) is 0 Å². The molecule has 2 aromatic carbocycles. The lowest BCUT2D eigenvalue weighted by Crippen LogP contribution is -2.12. The van der Waals surface area contributed by atoms with Gasteiger partial charge in [0.05, 0.1) is 11.0 Å². The first-order valence-corrected chi connectivity index (χ1v) is 8.83. The van der Waals surface area contributed by atoms with Crippen molar-refractivity contribution in [2.75, 3.05) is 11.9 Å². The van der Waals surface area contributed by atoms with Gasteiger partial charge in [0, 0.05) is 18.7 Å². The summed E-state index contributed by atoms with van der Waals surface area (Å²) in [5.74, 6) is 0.498. The minimum atomic E-state index is -0.270. The number of anilines is 1. The van der Waals surface area contributed by atoms with Gasteiger partial charge in [0.25, 0.3) is 0 Å².